The van der Waals surface area contributed by atoms with Crippen LogP contribution in [0.2, 0.25) is 0 Å². The highest BCUT2D eigenvalue weighted by Crippen LogP contribution is 2.11. The van der Waals surface area contributed by atoms with Crippen LogP contribution in [0.25, 0.3) is 0 Å². The van der Waals surface area contributed by atoms with Crippen LogP contribution in [0.1, 0.15) is 12.8 Å². The van der Waals surface area contributed by atoms with Gasteiger partial charge in [0, 0.05) is 6.42 Å². The van der Waals surface area contributed by atoms with E-state index >= 15 is 0 Å². The maximum atomic E-state index is 4.67. The summed E-state index contributed by atoms with van der Waals surface area (Å²) in [6, 6.07) is 0. The third-order valence-electron chi connectivity index (χ3n) is 1.13. The first kappa shape index (κ1) is 6.32. The van der Waals surface area contributed by atoms with Gasteiger partial charge >= 0.3 is 0 Å². The van der Waals surface area contributed by atoms with Crippen molar-refractivity contribution in [1.29, 1.82) is 0 Å². The van der Waals surface area contributed by atoms with Gasteiger partial charge in [0.05, 0.1) is 0 Å². The summed E-state index contributed by atoms with van der Waals surface area (Å²) in [6.45, 7) is 0. The molecule has 0 radical (unpaired) electrons. The SMILES string of the molecule is NOOC1=CC=CCC1. The molecule has 0 saturated heterocycles. The molecule has 1 aliphatic carbocycles. The van der Waals surface area contributed by atoms with Crippen LogP contribution < -0.4 is 5.90 Å². The first-order valence-electron chi connectivity index (χ1n) is 2.82. The first-order valence-corrected chi connectivity index (χ1v) is 2.82. The topological polar surface area (TPSA) is 44.5 Å². The minimum absolute atomic E-state index is 0.778. The lowest BCUT2D eigenvalue weighted by atomic mass is 10.2. The second-order valence-corrected chi connectivity index (χ2v) is 1.78. The Balaban J connectivity index is 2.38. The third-order valence-corrected chi connectivity index (χ3v) is 1.13. The van der Waals surface area contributed by atoms with Crippen LogP contribution in [0.5, 0.6) is 0 Å². The van der Waals surface area contributed by atoms with Crippen molar-refractivity contribution in [3.05, 3.63) is 24.0 Å². The predicted molar refractivity (Wildman–Crippen MR) is 32.8 cm³/mol. The molecule has 0 aromatic rings. The maximum Gasteiger partial charge on any atom is 0.144 e. The molecule has 0 aliphatic heterocycles. The van der Waals surface area contributed by atoms with E-state index in [9.17, 15) is 0 Å². The third kappa shape index (κ3) is 1.87. The van der Waals surface area contributed by atoms with E-state index < -0.39 is 0 Å². The van der Waals surface area contributed by atoms with E-state index in [1.165, 1.54) is 0 Å². The van der Waals surface area contributed by atoms with Crippen LogP contribution in [-0.4, -0.2) is 0 Å². The fourth-order valence-corrected chi connectivity index (χ4v) is 0.712. The molecule has 0 heterocycles. The van der Waals surface area contributed by atoms with Gasteiger partial charge in [-0.1, -0.05) is 17.1 Å². The molecule has 9 heavy (non-hydrogen) atoms. The summed E-state index contributed by atoms with van der Waals surface area (Å²) in [7, 11) is 0. The molecule has 0 amide bonds. The van der Waals surface area contributed by atoms with Crippen molar-refractivity contribution >= 4 is 0 Å². The normalized spacial score (nSPS) is 17.2. The van der Waals surface area contributed by atoms with Crippen molar-refractivity contribution in [2.45, 2.75) is 12.8 Å². The molecule has 3 heteroatoms. The van der Waals surface area contributed by atoms with E-state index in [0.29, 0.717) is 0 Å². The molecular formula is C6H9NO2. The molecule has 1 aliphatic rings. The van der Waals surface area contributed by atoms with Crippen molar-refractivity contribution in [1.82, 2.24) is 0 Å². The standard InChI is InChI=1S/C6H9NO2/c7-9-8-6-4-2-1-3-5-6/h1-2,4H,3,5,7H2. The smallest absolute Gasteiger partial charge is 0.144 e. The van der Waals surface area contributed by atoms with E-state index in [1.807, 2.05) is 12.2 Å². The molecule has 0 bridgehead atoms. The second kappa shape index (κ2) is 3.27. The molecule has 2 N–H and O–H groups in total. The molecule has 0 saturated carbocycles. The molecule has 1 rings (SSSR count). The van der Waals surface area contributed by atoms with Gasteiger partial charge in [0.25, 0.3) is 0 Å². The zero-order valence-corrected chi connectivity index (χ0v) is 5.04. The van der Waals surface area contributed by atoms with E-state index in [2.05, 4.69) is 21.8 Å². The minimum atomic E-state index is 0.778. The highest BCUT2D eigenvalue weighted by Gasteiger charge is 1.99. The fourth-order valence-electron chi connectivity index (χ4n) is 0.712. The van der Waals surface area contributed by atoms with Crippen molar-refractivity contribution in [3.63, 3.8) is 0 Å². The number of nitrogens with two attached hydrogens (primary N) is 1. The van der Waals surface area contributed by atoms with Crippen molar-refractivity contribution < 1.29 is 9.88 Å². The van der Waals surface area contributed by atoms with Crippen molar-refractivity contribution in [2.24, 2.45) is 5.90 Å². The molecule has 0 atom stereocenters. The van der Waals surface area contributed by atoms with Crippen LogP contribution in [0.15, 0.2) is 24.0 Å². The Kier molecular flexibility index (Phi) is 2.30. The second-order valence-electron chi connectivity index (χ2n) is 1.78. The van der Waals surface area contributed by atoms with E-state index in [1.54, 1.807) is 0 Å². The Bertz CT molecular complexity index is 140. The van der Waals surface area contributed by atoms with Gasteiger partial charge in [0.15, 0.2) is 0 Å². The molecule has 50 valence electrons. The molecule has 3 nitrogen and oxygen atoms in total. The summed E-state index contributed by atoms with van der Waals surface area (Å²) in [4.78, 5) is 8.55. The summed E-state index contributed by atoms with van der Waals surface area (Å²) in [5, 5.41) is 0. The molecule has 0 aromatic carbocycles. The molecular weight excluding hydrogens is 118 g/mol. The van der Waals surface area contributed by atoms with Gasteiger partial charge in [-0.2, -0.15) is 5.90 Å². The van der Waals surface area contributed by atoms with Gasteiger partial charge < -0.3 is 4.89 Å². The highest BCUT2D eigenvalue weighted by atomic mass is 17.3. The summed E-state index contributed by atoms with van der Waals surface area (Å²) < 4.78 is 0. The van der Waals surface area contributed by atoms with Crippen LogP contribution >= 0.6 is 0 Å². The van der Waals surface area contributed by atoms with Crippen LogP contribution in [-0.2, 0) is 9.88 Å². The van der Waals surface area contributed by atoms with Crippen molar-refractivity contribution in [2.75, 3.05) is 0 Å². The Morgan fingerprint density at radius 2 is 2.44 bits per heavy atom. The lowest BCUT2D eigenvalue weighted by Crippen LogP contribution is -2.01. The quantitative estimate of drug-likeness (QED) is 0.445. The molecule has 0 spiro atoms. The molecule has 0 fully saturated rings. The van der Waals surface area contributed by atoms with Gasteiger partial charge in [0.1, 0.15) is 5.76 Å². The predicted octanol–water partition coefficient (Wildman–Crippen LogP) is 1.04. The van der Waals surface area contributed by atoms with Gasteiger partial charge in [-0.15, -0.1) is 0 Å². The Hall–Kier alpha value is -0.800. The van der Waals surface area contributed by atoms with Gasteiger partial charge in [-0.3, -0.25) is 0 Å². The average molecular weight is 127 g/mol. The number of rotatable bonds is 2. The van der Waals surface area contributed by atoms with E-state index in [4.69, 9.17) is 0 Å². The van der Waals surface area contributed by atoms with Gasteiger partial charge in [-0.25, -0.2) is 0 Å². The number of hydrogen-bond donors (Lipinski definition) is 1. The number of allylic oxidation sites excluding steroid dienone is 4. The average Bonchev–Trinajstić information content (AvgIpc) is 1.91. The van der Waals surface area contributed by atoms with Crippen LogP contribution in [0.3, 0.4) is 0 Å². The maximum absolute atomic E-state index is 4.67. The summed E-state index contributed by atoms with van der Waals surface area (Å²) in [6.07, 6.45) is 7.67. The largest absolute Gasteiger partial charge is 0.324 e. The lowest BCUT2D eigenvalue weighted by Gasteiger charge is -2.05. The first-order chi connectivity index (χ1) is 4.43. The Morgan fingerprint density at radius 1 is 1.56 bits per heavy atom. The summed E-state index contributed by atoms with van der Waals surface area (Å²) in [5.41, 5.74) is 0. The fraction of sp³-hybridized carbons (Fsp3) is 0.333. The van der Waals surface area contributed by atoms with Crippen LogP contribution in [0, 0.1) is 0 Å². The monoisotopic (exact) mass is 127 g/mol. The Labute approximate surface area is 53.6 Å². The van der Waals surface area contributed by atoms with E-state index in [0.717, 1.165) is 18.6 Å². The van der Waals surface area contributed by atoms with Crippen molar-refractivity contribution in [3.8, 4) is 0 Å². The molecule has 0 unspecified atom stereocenters. The zero-order valence-electron chi connectivity index (χ0n) is 5.04. The van der Waals surface area contributed by atoms with Crippen LogP contribution in [0.4, 0.5) is 0 Å². The minimum Gasteiger partial charge on any atom is -0.324 e. The van der Waals surface area contributed by atoms with E-state index in [-0.39, 0.29) is 0 Å². The van der Waals surface area contributed by atoms with Gasteiger partial charge in [-0.05, 0) is 12.5 Å². The Morgan fingerprint density at radius 3 is 3.00 bits per heavy atom. The zero-order chi connectivity index (χ0) is 6.53. The lowest BCUT2D eigenvalue weighted by molar-refractivity contribution is -0.268. The summed E-state index contributed by atoms with van der Waals surface area (Å²) >= 11 is 0. The summed E-state index contributed by atoms with van der Waals surface area (Å²) in [5.74, 6) is 5.45. The highest BCUT2D eigenvalue weighted by molar-refractivity contribution is 5.12. The molecule has 0 aromatic heterocycles. The number of hydrogen-bond acceptors (Lipinski definition) is 3. The van der Waals surface area contributed by atoms with Gasteiger partial charge in [0.2, 0.25) is 0 Å².